The molecule has 1 aliphatic rings. The van der Waals surface area contributed by atoms with Crippen LogP contribution in [0.3, 0.4) is 0 Å². The molecule has 0 aliphatic carbocycles. The Morgan fingerprint density at radius 1 is 1.64 bits per heavy atom. The fourth-order valence-electron chi connectivity index (χ4n) is 1.45. The first-order chi connectivity index (χ1) is 5.34. The zero-order chi connectivity index (χ0) is 8.10. The van der Waals surface area contributed by atoms with Crippen LogP contribution in [-0.4, -0.2) is 49.3 Å². The van der Waals surface area contributed by atoms with Gasteiger partial charge < -0.3 is 10.0 Å². The molecule has 0 saturated carbocycles. The number of aliphatic hydroxyl groups is 1. The molecule has 1 aliphatic heterocycles. The normalized spacial score (nSPS) is 28.4. The summed E-state index contributed by atoms with van der Waals surface area (Å²) in [7, 11) is 2.11. The number of nitrogens with zero attached hydrogens (tertiary/aromatic N) is 2. The van der Waals surface area contributed by atoms with Gasteiger partial charge in [0.15, 0.2) is 0 Å². The summed E-state index contributed by atoms with van der Waals surface area (Å²) in [5, 5.41) is 13.1. The number of hydrogen-bond donors (Lipinski definition) is 1. The first kappa shape index (κ1) is 8.97. The van der Waals surface area contributed by atoms with E-state index in [0.717, 1.165) is 26.1 Å². The third-order valence-corrected chi connectivity index (χ3v) is 2.25. The molecule has 3 heteroatoms. The summed E-state index contributed by atoms with van der Waals surface area (Å²) in [4.78, 5) is 2.30. The van der Waals surface area contributed by atoms with E-state index in [1.165, 1.54) is 6.42 Å². The molecule has 1 fully saturated rings. The number of hydrogen-bond acceptors (Lipinski definition) is 2. The molecule has 1 N–H and O–H groups in total. The van der Waals surface area contributed by atoms with Crippen LogP contribution >= 0.6 is 0 Å². The lowest BCUT2D eigenvalue weighted by Crippen LogP contribution is -2.36. The molecule has 0 aromatic heterocycles. The fraction of sp³-hybridized carbons (Fsp3) is 1.00. The highest BCUT2D eigenvalue weighted by atomic mass is 16.3. The van der Waals surface area contributed by atoms with E-state index in [2.05, 4.69) is 17.3 Å². The third kappa shape index (κ3) is 2.77. The second-order valence-corrected chi connectivity index (χ2v) is 3.13. The van der Waals surface area contributed by atoms with Gasteiger partial charge in [0.2, 0.25) is 0 Å². The molecular formula is C8H17N2O. The number of aliphatic hydroxyl groups excluding tert-OH is 1. The highest BCUT2D eigenvalue weighted by Gasteiger charge is 2.16. The molecule has 3 nitrogen and oxygen atoms in total. The molecule has 0 aromatic carbocycles. The molecule has 1 atom stereocenters. The molecule has 0 spiro atoms. The maximum atomic E-state index is 8.76. The van der Waals surface area contributed by atoms with E-state index in [1.807, 2.05) is 0 Å². The summed E-state index contributed by atoms with van der Waals surface area (Å²) in [6, 6.07) is 0.475. The Morgan fingerprint density at radius 2 is 2.45 bits per heavy atom. The van der Waals surface area contributed by atoms with E-state index >= 15 is 0 Å². The Hall–Kier alpha value is -0.120. The van der Waals surface area contributed by atoms with E-state index in [9.17, 15) is 0 Å². The van der Waals surface area contributed by atoms with Gasteiger partial charge in [0.05, 0.1) is 0 Å². The van der Waals surface area contributed by atoms with Gasteiger partial charge in [0.25, 0.3) is 0 Å². The van der Waals surface area contributed by atoms with Crippen LogP contribution in [-0.2, 0) is 0 Å². The van der Waals surface area contributed by atoms with Gasteiger partial charge in [-0.25, -0.2) is 5.32 Å². The molecule has 0 bridgehead atoms. The van der Waals surface area contributed by atoms with E-state index in [0.29, 0.717) is 6.04 Å². The lowest BCUT2D eigenvalue weighted by molar-refractivity contribution is 0.193. The zero-order valence-electron chi connectivity index (χ0n) is 7.16. The van der Waals surface area contributed by atoms with Crippen LogP contribution in [0.4, 0.5) is 0 Å². The van der Waals surface area contributed by atoms with Crippen molar-refractivity contribution in [3.8, 4) is 0 Å². The third-order valence-electron chi connectivity index (χ3n) is 2.25. The quantitative estimate of drug-likeness (QED) is 0.596. The number of rotatable bonds is 2. The topological polar surface area (TPSA) is 37.6 Å². The monoisotopic (exact) mass is 157 g/mol. The molecule has 1 radical (unpaired) electrons. The van der Waals surface area contributed by atoms with Gasteiger partial charge >= 0.3 is 0 Å². The molecule has 1 rings (SSSR count). The summed E-state index contributed by atoms with van der Waals surface area (Å²) in [6.07, 6.45) is 2.03. The van der Waals surface area contributed by atoms with Gasteiger partial charge in [-0.1, -0.05) is 0 Å². The van der Waals surface area contributed by atoms with Crippen molar-refractivity contribution in [1.29, 1.82) is 0 Å². The number of likely N-dealkylation sites (N-methyl/N-ethyl adjacent to an activating group) is 1. The maximum absolute atomic E-state index is 8.76. The first-order valence-electron chi connectivity index (χ1n) is 4.29. The van der Waals surface area contributed by atoms with Crippen LogP contribution in [0, 0.1) is 0 Å². The van der Waals surface area contributed by atoms with Crippen molar-refractivity contribution in [3.05, 3.63) is 0 Å². The Morgan fingerprint density at radius 3 is 3.18 bits per heavy atom. The Bertz CT molecular complexity index is 108. The zero-order valence-corrected chi connectivity index (χ0v) is 7.16. The van der Waals surface area contributed by atoms with Crippen LogP contribution in [0.5, 0.6) is 0 Å². The van der Waals surface area contributed by atoms with Crippen molar-refractivity contribution in [2.45, 2.75) is 18.9 Å². The second kappa shape index (κ2) is 4.70. The van der Waals surface area contributed by atoms with Crippen molar-refractivity contribution >= 4 is 0 Å². The predicted octanol–water partition coefficient (Wildman–Crippen LogP) is -0.323. The molecule has 1 heterocycles. The Kier molecular flexibility index (Phi) is 3.83. The molecule has 65 valence electrons. The average Bonchev–Trinajstić information content (AvgIpc) is 2.18. The second-order valence-electron chi connectivity index (χ2n) is 3.13. The van der Waals surface area contributed by atoms with E-state index < -0.39 is 0 Å². The van der Waals surface area contributed by atoms with Crippen LogP contribution < -0.4 is 5.32 Å². The average molecular weight is 157 g/mol. The van der Waals surface area contributed by atoms with Gasteiger partial charge in [0, 0.05) is 25.7 Å². The van der Waals surface area contributed by atoms with Gasteiger partial charge in [-0.05, 0) is 26.4 Å². The van der Waals surface area contributed by atoms with Crippen molar-refractivity contribution < 1.29 is 5.11 Å². The largest absolute Gasteiger partial charge is 0.396 e. The summed E-state index contributed by atoms with van der Waals surface area (Å²) in [6.45, 7) is 3.29. The van der Waals surface area contributed by atoms with Crippen LogP contribution in [0.2, 0.25) is 0 Å². The van der Waals surface area contributed by atoms with E-state index in [1.54, 1.807) is 0 Å². The molecule has 1 unspecified atom stereocenters. The van der Waals surface area contributed by atoms with E-state index in [-0.39, 0.29) is 6.61 Å². The molecule has 0 aromatic rings. The van der Waals surface area contributed by atoms with Crippen LogP contribution in [0.15, 0.2) is 0 Å². The lowest BCUT2D eigenvalue weighted by Gasteiger charge is -2.23. The standard InChI is InChI=1S/C8H17N2O/c1-10-5-2-4-9-7-8(10)3-6-11/h8,11H,2-7H2,1H3. The van der Waals surface area contributed by atoms with Crippen molar-refractivity contribution in [2.75, 3.05) is 33.3 Å². The minimum atomic E-state index is 0.282. The summed E-state index contributed by atoms with van der Waals surface area (Å²) < 4.78 is 0. The smallest absolute Gasteiger partial charge is 0.0446 e. The highest BCUT2D eigenvalue weighted by Crippen LogP contribution is 2.04. The predicted molar refractivity (Wildman–Crippen MR) is 44.6 cm³/mol. The minimum absolute atomic E-state index is 0.282. The highest BCUT2D eigenvalue weighted by molar-refractivity contribution is 4.74. The summed E-state index contributed by atoms with van der Waals surface area (Å²) in [5.41, 5.74) is 0. The lowest BCUT2D eigenvalue weighted by atomic mass is 10.2. The maximum Gasteiger partial charge on any atom is 0.0446 e. The van der Waals surface area contributed by atoms with Crippen molar-refractivity contribution in [2.24, 2.45) is 0 Å². The van der Waals surface area contributed by atoms with Gasteiger partial charge in [-0.15, -0.1) is 0 Å². The molecular weight excluding hydrogens is 140 g/mol. The SMILES string of the molecule is CN1CCC[N]CC1CCO. The van der Waals surface area contributed by atoms with Gasteiger partial charge in [-0.3, -0.25) is 0 Å². The fourth-order valence-corrected chi connectivity index (χ4v) is 1.45. The first-order valence-corrected chi connectivity index (χ1v) is 4.29. The van der Waals surface area contributed by atoms with Gasteiger partial charge in [-0.2, -0.15) is 0 Å². The summed E-state index contributed by atoms with van der Waals surface area (Å²) >= 11 is 0. The van der Waals surface area contributed by atoms with Crippen LogP contribution in [0.25, 0.3) is 0 Å². The molecule has 0 amide bonds. The molecule has 1 saturated heterocycles. The van der Waals surface area contributed by atoms with Gasteiger partial charge in [0.1, 0.15) is 0 Å². The Labute approximate surface area is 68.4 Å². The Balaban J connectivity index is 2.32. The minimum Gasteiger partial charge on any atom is -0.396 e. The molecule has 11 heavy (non-hydrogen) atoms. The van der Waals surface area contributed by atoms with Crippen molar-refractivity contribution in [3.63, 3.8) is 0 Å². The van der Waals surface area contributed by atoms with E-state index in [4.69, 9.17) is 5.11 Å². The van der Waals surface area contributed by atoms with Crippen LogP contribution in [0.1, 0.15) is 12.8 Å². The van der Waals surface area contributed by atoms with Crippen molar-refractivity contribution in [1.82, 2.24) is 10.2 Å². The summed E-state index contributed by atoms with van der Waals surface area (Å²) in [5.74, 6) is 0.